The zero-order valence-electron chi connectivity index (χ0n) is 14.3. The molecule has 2 heteroatoms. The van der Waals surface area contributed by atoms with Gasteiger partial charge < -0.3 is 5.32 Å². The van der Waals surface area contributed by atoms with Crippen LogP contribution < -0.4 is 5.32 Å². The average molecular weight is 288 g/mol. The molecule has 0 bridgehead atoms. The Labute approximate surface area is 131 Å². The first-order valence-electron chi connectivity index (χ1n) is 8.12. The van der Waals surface area contributed by atoms with Crippen LogP contribution in [0.15, 0.2) is 36.9 Å². The van der Waals surface area contributed by atoms with Gasteiger partial charge in [-0.25, -0.2) is 0 Å². The van der Waals surface area contributed by atoms with Crippen molar-refractivity contribution in [1.29, 1.82) is 0 Å². The topological polar surface area (TPSA) is 15.3 Å². The maximum absolute atomic E-state index is 3.87. The van der Waals surface area contributed by atoms with Crippen molar-refractivity contribution >= 4 is 0 Å². The molecule has 1 aromatic rings. The predicted octanol–water partition coefficient (Wildman–Crippen LogP) is 4.02. The van der Waals surface area contributed by atoms with E-state index in [0.29, 0.717) is 0 Å². The molecule has 2 nitrogen and oxygen atoms in total. The molecule has 21 heavy (non-hydrogen) atoms. The van der Waals surface area contributed by atoms with Gasteiger partial charge in [-0.1, -0.05) is 37.3 Å². The monoisotopic (exact) mass is 288 g/mol. The second-order valence-corrected chi connectivity index (χ2v) is 6.66. The summed E-state index contributed by atoms with van der Waals surface area (Å²) in [6.45, 7) is 16.9. The summed E-state index contributed by atoms with van der Waals surface area (Å²) in [6.07, 6.45) is 4.29. The van der Waals surface area contributed by atoms with Gasteiger partial charge in [0.1, 0.15) is 0 Å². The van der Waals surface area contributed by atoms with Gasteiger partial charge in [0.25, 0.3) is 0 Å². The van der Waals surface area contributed by atoms with E-state index >= 15 is 0 Å². The summed E-state index contributed by atoms with van der Waals surface area (Å²) in [4.78, 5) is 2.44. The second kappa shape index (κ2) is 9.01. The maximum Gasteiger partial charge on any atom is 0.0242 e. The largest absolute Gasteiger partial charge is 0.316 e. The highest BCUT2D eigenvalue weighted by atomic mass is 15.2. The smallest absolute Gasteiger partial charge is 0.0242 e. The molecule has 0 aromatic heterocycles. The van der Waals surface area contributed by atoms with Gasteiger partial charge in [-0.15, -0.1) is 6.58 Å². The van der Waals surface area contributed by atoms with Crippen LogP contribution in [0, 0.1) is 0 Å². The lowest BCUT2D eigenvalue weighted by Gasteiger charge is -2.34. The first kappa shape index (κ1) is 17.9. The van der Waals surface area contributed by atoms with Gasteiger partial charge in [0.15, 0.2) is 0 Å². The van der Waals surface area contributed by atoms with E-state index in [4.69, 9.17) is 0 Å². The molecule has 118 valence electrons. The zero-order chi connectivity index (χ0) is 15.7. The lowest BCUT2D eigenvalue weighted by Crippen LogP contribution is -2.40. The van der Waals surface area contributed by atoms with E-state index < -0.39 is 0 Å². The molecule has 0 radical (unpaired) electrons. The predicted molar refractivity (Wildman–Crippen MR) is 93.7 cm³/mol. The first-order chi connectivity index (χ1) is 9.97. The molecule has 0 aliphatic rings. The van der Waals surface area contributed by atoms with Crippen molar-refractivity contribution in [3.05, 3.63) is 48.0 Å². The van der Waals surface area contributed by atoms with Crippen molar-refractivity contribution in [2.24, 2.45) is 0 Å². The van der Waals surface area contributed by atoms with Crippen molar-refractivity contribution < 1.29 is 0 Å². The number of hydrogen-bond donors (Lipinski definition) is 1. The minimum absolute atomic E-state index is 0.164. The average Bonchev–Trinajstić information content (AvgIpc) is 2.44. The number of nitrogens with zero attached hydrogens (tertiary/aromatic N) is 1. The molecule has 0 amide bonds. The molecular formula is C19H32N2. The number of hydrogen-bond acceptors (Lipinski definition) is 2. The summed E-state index contributed by atoms with van der Waals surface area (Å²) < 4.78 is 0. The van der Waals surface area contributed by atoms with E-state index in [1.807, 2.05) is 6.08 Å². The number of rotatable bonds is 9. The Morgan fingerprint density at radius 2 is 1.71 bits per heavy atom. The Kier molecular flexibility index (Phi) is 7.69. The van der Waals surface area contributed by atoms with Crippen molar-refractivity contribution in [1.82, 2.24) is 10.2 Å². The third-order valence-electron chi connectivity index (χ3n) is 3.71. The normalized spacial score (nSPS) is 11.9. The Hall–Kier alpha value is -1.12. The highest BCUT2D eigenvalue weighted by Crippen LogP contribution is 2.17. The van der Waals surface area contributed by atoms with Crippen LogP contribution in [0.1, 0.15) is 45.2 Å². The van der Waals surface area contributed by atoms with Crippen molar-refractivity contribution in [2.45, 2.75) is 52.6 Å². The zero-order valence-corrected chi connectivity index (χ0v) is 14.3. The third-order valence-corrected chi connectivity index (χ3v) is 3.71. The molecule has 0 unspecified atom stereocenters. The third kappa shape index (κ3) is 6.92. The minimum Gasteiger partial charge on any atom is -0.316 e. The van der Waals surface area contributed by atoms with Gasteiger partial charge in [-0.05, 0) is 57.8 Å². The van der Waals surface area contributed by atoms with E-state index in [1.165, 1.54) is 17.5 Å². The SMILES string of the molecule is C=CCN(Cc1ccc(CCNCCC)cc1)C(C)(C)C. The van der Waals surface area contributed by atoms with Gasteiger partial charge in [0.05, 0.1) is 0 Å². The fraction of sp³-hybridized carbons (Fsp3) is 0.579. The van der Waals surface area contributed by atoms with Crippen molar-refractivity contribution in [2.75, 3.05) is 19.6 Å². The molecule has 1 aromatic carbocycles. The molecule has 0 spiro atoms. The molecule has 0 atom stereocenters. The summed E-state index contributed by atoms with van der Waals surface area (Å²) in [5.41, 5.74) is 2.95. The van der Waals surface area contributed by atoms with E-state index in [2.05, 4.69) is 68.8 Å². The van der Waals surface area contributed by atoms with Crippen LogP contribution in [0.25, 0.3) is 0 Å². The fourth-order valence-electron chi connectivity index (χ4n) is 2.30. The van der Waals surface area contributed by atoms with Crippen LogP contribution in [0.5, 0.6) is 0 Å². The van der Waals surface area contributed by atoms with Gasteiger partial charge in [-0.3, -0.25) is 4.90 Å². The van der Waals surface area contributed by atoms with Crippen molar-refractivity contribution in [3.63, 3.8) is 0 Å². The van der Waals surface area contributed by atoms with Crippen LogP contribution >= 0.6 is 0 Å². The molecule has 0 saturated carbocycles. The number of benzene rings is 1. The van der Waals surface area contributed by atoms with E-state index in [9.17, 15) is 0 Å². The van der Waals surface area contributed by atoms with Crippen LogP contribution in [0.4, 0.5) is 0 Å². The van der Waals surface area contributed by atoms with Gasteiger partial charge in [0, 0.05) is 18.6 Å². The van der Waals surface area contributed by atoms with E-state index in [-0.39, 0.29) is 5.54 Å². The highest BCUT2D eigenvalue weighted by molar-refractivity contribution is 5.23. The molecule has 0 aliphatic carbocycles. The summed E-state index contributed by atoms with van der Waals surface area (Å²) in [7, 11) is 0. The summed E-state index contributed by atoms with van der Waals surface area (Å²) in [5.74, 6) is 0. The Bertz CT molecular complexity index is 401. The maximum atomic E-state index is 3.87. The van der Waals surface area contributed by atoms with Gasteiger partial charge in [-0.2, -0.15) is 0 Å². The lowest BCUT2D eigenvalue weighted by atomic mass is 10.0. The van der Waals surface area contributed by atoms with Crippen LogP contribution in [0.2, 0.25) is 0 Å². The van der Waals surface area contributed by atoms with Gasteiger partial charge in [0.2, 0.25) is 0 Å². The summed E-state index contributed by atoms with van der Waals surface area (Å²) in [5, 5.41) is 3.45. The second-order valence-electron chi connectivity index (χ2n) is 6.66. The molecule has 0 heterocycles. The Morgan fingerprint density at radius 1 is 1.10 bits per heavy atom. The minimum atomic E-state index is 0.164. The molecule has 1 rings (SSSR count). The molecular weight excluding hydrogens is 256 g/mol. The Balaban J connectivity index is 2.54. The van der Waals surface area contributed by atoms with E-state index in [1.54, 1.807) is 0 Å². The lowest BCUT2D eigenvalue weighted by molar-refractivity contribution is 0.145. The van der Waals surface area contributed by atoms with E-state index in [0.717, 1.165) is 32.6 Å². The first-order valence-corrected chi connectivity index (χ1v) is 8.12. The van der Waals surface area contributed by atoms with Gasteiger partial charge >= 0.3 is 0 Å². The summed E-state index contributed by atoms with van der Waals surface area (Å²) >= 11 is 0. The quantitative estimate of drug-likeness (QED) is 0.545. The standard InChI is InChI=1S/C19H32N2/c1-6-13-20-14-12-17-8-10-18(11-9-17)16-21(15-7-2)19(3,4)5/h7-11,20H,2,6,12-16H2,1,3-5H3. The molecule has 0 saturated heterocycles. The van der Waals surface area contributed by atoms with Crippen molar-refractivity contribution in [3.8, 4) is 0 Å². The summed E-state index contributed by atoms with van der Waals surface area (Å²) in [6, 6.07) is 9.05. The number of nitrogens with one attached hydrogen (secondary N) is 1. The van der Waals surface area contributed by atoms with Crippen LogP contribution in [0.3, 0.4) is 0 Å². The molecule has 1 N–H and O–H groups in total. The highest BCUT2D eigenvalue weighted by Gasteiger charge is 2.19. The van der Waals surface area contributed by atoms with Crippen LogP contribution in [-0.2, 0) is 13.0 Å². The Morgan fingerprint density at radius 3 is 2.24 bits per heavy atom. The fourth-order valence-corrected chi connectivity index (χ4v) is 2.30. The van der Waals surface area contributed by atoms with Crippen LogP contribution in [-0.4, -0.2) is 30.1 Å². The molecule has 0 fully saturated rings. The molecule has 0 aliphatic heterocycles.